The van der Waals surface area contributed by atoms with E-state index in [1.807, 2.05) is 54.6 Å². The maximum absolute atomic E-state index is 12.4. The summed E-state index contributed by atoms with van der Waals surface area (Å²) in [5.74, 6) is -0.109. The molecule has 26 heavy (non-hydrogen) atoms. The second-order valence-corrected chi connectivity index (χ2v) is 6.35. The highest BCUT2D eigenvalue weighted by atomic mass is 16.5. The number of nitrogens with one attached hydrogen (secondary N) is 1. The smallest absolute Gasteiger partial charge is 0.313 e. The number of hydrogen-bond donors (Lipinski definition) is 2. The summed E-state index contributed by atoms with van der Waals surface area (Å²) in [4.78, 5) is 24.1. The average Bonchev–Trinajstić information content (AvgIpc) is 3.39. The molecule has 0 aromatic heterocycles. The van der Waals surface area contributed by atoms with E-state index < -0.39 is 23.2 Å². The Balaban J connectivity index is 1.72. The summed E-state index contributed by atoms with van der Waals surface area (Å²) >= 11 is 0. The fourth-order valence-electron chi connectivity index (χ4n) is 3.16. The fraction of sp³-hybridized carbons (Fsp3) is 0.300. The molecule has 1 saturated carbocycles. The second-order valence-electron chi connectivity index (χ2n) is 6.35. The predicted octanol–water partition coefficient (Wildman–Crippen LogP) is 3.10. The first-order valence-corrected chi connectivity index (χ1v) is 8.52. The van der Waals surface area contributed by atoms with Gasteiger partial charge in [0.2, 0.25) is 5.91 Å². The van der Waals surface area contributed by atoms with Gasteiger partial charge in [-0.25, -0.2) is 5.48 Å². The molecule has 2 aromatic carbocycles. The van der Waals surface area contributed by atoms with E-state index in [0.717, 1.165) is 11.3 Å². The molecule has 3 rings (SSSR count). The maximum Gasteiger partial charge on any atom is 0.313 e. The third kappa shape index (κ3) is 3.70. The minimum atomic E-state index is -0.912. The first-order chi connectivity index (χ1) is 12.6. The van der Waals surface area contributed by atoms with Crippen molar-refractivity contribution in [3.05, 3.63) is 60.2 Å². The van der Waals surface area contributed by atoms with E-state index in [1.165, 1.54) is 0 Å². The molecule has 0 bridgehead atoms. The number of rotatable bonds is 7. The Morgan fingerprint density at radius 1 is 1.12 bits per heavy atom. The topological polar surface area (TPSA) is 84.9 Å². The lowest BCUT2D eigenvalue weighted by Crippen LogP contribution is -2.30. The van der Waals surface area contributed by atoms with Gasteiger partial charge in [-0.05, 0) is 49.6 Å². The minimum Gasteiger partial charge on any atom is -0.466 e. The maximum atomic E-state index is 12.4. The van der Waals surface area contributed by atoms with Crippen LogP contribution in [0, 0.1) is 11.3 Å². The van der Waals surface area contributed by atoms with Crippen LogP contribution in [0.1, 0.15) is 18.9 Å². The summed E-state index contributed by atoms with van der Waals surface area (Å²) < 4.78 is 10.9. The largest absolute Gasteiger partial charge is 0.466 e. The van der Waals surface area contributed by atoms with Crippen molar-refractivity contribution in [1.82, 2.24) is 5.48 Å². The summed E-state index contributed by atoms with van der Waals surface area (Å²) in [6.45, 7) is 1.97. The van der Waals surface area contributed by atoms with E-state index in [4.69, 9.17) is 14.7 Å². The molecular weight excluding hydrogens is 334 g/mol. The van der Waals surface area contributed by atoms with Gasteiger partial charge < -0.3 is 9.47 Å². The van der Waals surface area contributed by atoms with Crippen molar-refractivity contribution in [2.45, 2.75) is 19.8 Å². The third-order valence-corrected chi connectivity index (χ3v) is 4.61. The molecule has 1 amide bonds. The molecule has 2 N–H and O–H groups in total. The van der Waals surface area contributed by atoms with Crippen LogP contribution in [-0.2, 0) is 20.7 Å². The number of carbonyl (C=O) groups excluding carboxylic acids is 2. The lowest BCUT2D eigenvalue weighted by molar-refractivity contribution is -0.152. The third-order valence-electron chi connectivity index (χ3n) is 4.61. The van der Waals surface area contributed by atoms with Crippen molar-refractivity contribution in [2.24, 2.45) is 11.3 Å². The number of hydrogen-bond acceptors (Lipinski definition) is 5. The zero-order valence-electron chi connectivity index (χ0n) is 14.5. The van der Waals surface area contributed by atoms with Gasteiger partial charge in [-0.15, -0.1) is 0 Å². The molecule has 0 saturated heterocycles. The van der Waals surface area contributed by atoms with Crippen LogP contribution in [-0.4, -0.2) is 23.7 Å². The van der Waals surface area contributed by atoms with Crippen LogP contribution in [0.4, 0.5) is 0 Å². The fourth-order valence-corrected chi connectivity index (χ4v) is 3.16. The second kappa shape index (κ2) is 7.58. The molecule has 1 fully saturated rings. The minimum absolute atomic E-state index is 0.248. The van der Waals surface area contributed by atoms with E-state index in [2.05, 4.69) is 0 Å². The predicted molar refractivity (Wildman–Crippen MR) is 93.8 cm³/mol. The van der Waals surface area contributed by atoms with Crippen molar-refractivity contribution >= 4 is 11.9 Å². The van der Waals surface area contributed by atoms with Gasteiger partial charge in [-0.3, -0.25) is 14.8 Å². The van der Waals surface area contributed by atoms with Gasteiger partial charge in [-0.2, -0.15) is 0 Å². The van der Waals surface area contributed by atoms with Crippen LogP contribution >= 0.6 is 0 Å². The number of esters is 1. The van der Waals surface area contributed by atoms with Crippen molar-refractivity contribution in [1.29, 1.82) is 0 Å². The summed E-state index contributed by atoms with van der Waals surface area (Å²) in [6, 6.07) is 16.8. The molecule has 0 spiro atoms. The van der Waals surface area contributed by atoms with Gasteiger partial charge in [0.15, 0.2) is 0 Å². The van der Waals surface area contributed by atoms with Gasteiger partial charge in [-0.1, -0.05) is 30.3 Å². The van der Waals surface area contributed by atoms with Crippen LogP contribution in [0.15, 0.2) is 54.6 Å². The molecule has 6 heteroatoms. The average molecular weight is 355 g/mol. The molecule has 136 valence electrons. The van der Waals surface area contributed by atoms with Gasteiger partial charge in [0.25, 0.3) is 0 Å². The molecule has 6 nitrogen and oxygen atoms in total. The molecule has 0 heterocycles. The number of carbonyl (C=O) groups is 2. The summed E-state index contributed by atoms with van der Waals surface area (Å²) in [5, 5.41) is 8.86. The quantitative estimate of drug-likeness (QED) is 0.453. The molecule has 2 atom stereocenters. The number of hydroxylamine groups is 1. The Kier molecular flexibility index (Phi) is 5.23. The van der Waals surface area contributed by atoms with Crippen molar-refractivity contribution < 1.29 is 24.3 Å². The summed E-state index contributed by atoms with van der Waals surface area (Å²) in [7, 11) is 0. The Bertz CT molecular complexity index is 775. The van der Waals surface area contributed by atoms with E-state index in [9.17, 15) is 9.59 Å². The van der Waals surface area contributed by atoms with Gasteiger partial charge in [0.1, 0.15) is 11.5 Å². The SMILES string of the molecule is CCOC(=O)[C@@]1(Cc2ccc(Oc3ccccc3)cc2)C[C@@H]1C(=O)NO. The molecule has 2 aromatic rings. The molecule has 1 aliphatic rings. The Hall–Kier alpha value is -2.86. The van der Waals surface area contributed by atoms with Crippen molar-refractivity contribution in [3.63, 3.8) is 0 Å². The van der Waals surface area contributed by atoms with Gasteiger partial charge in [0.05, 0.1) is 17.9 Å². The Morgan fingerprint density at radius 3 is 2.38 bits per heavy atom. The molecule has 0 radical (unpaired) electrons. The first kappa shape index (κ1) is 17.9. The van der Waals surface area contributed by atoms with Crippen LogP contribution in [0.2, 0.25) is 0 Å². The van der Waals surface area contributed by atoms with Crippen LogP contribution in [0.5, 0.6) is 11.5 Å². The Labute approximate surface area is 151 Å². The standard InChI is InChI=1S/C20H21NO5/c1-2-25-19(23)20(13-17(20)18(22)21-24)12-14-8-10-16(11-9-14)26-15-6-4-3-5-7-15/h3-11,17,24H,2,12-13H2,1H3,(H,21,22)/t17-,20+/m1/s1. The summed E-state index contributed by atoms with van der Waals surface area (Å²) in [5.41, 5.74) is 1.62. The number of ether oxygens (including phenoxy) is 2. The zero-order chi connectivity index (χ0) is 18.6. The highest BCUT2D eigenvalue weighted by Gasteiger charge is 2.64. The van der Waals surface area contributed by atoms with Crippen molar-refractivity contribution in [3.8, 4) is 11.5 Å². The van der Waals surface area contributed by atoms with E-state index >= 15 is 0 Å². The molecule has 1 aliphatic carbocycles. The Morgan fingerprint density at radius 2 is 1.77 bits per heavy atom. The monoisotopic (exact) mass is 355 g/mol. The summed E-state index contributed by atoms with van der Waals surface area (Å²) in [6.07, 6.45) is 0.732. The lowest BCUT2D eigenvalue weighted by Gasteiger charge is -2.16. The van der Waals surface area contributed by atoms with Crippen LogP contribution in [0.3, 0.4) is 0 Å². The van der Waals surface area contributed by atoms with Crippen LogP contribution < -0.4 is 10.2 Å². The highest BCUT2D eigenvalue weighted by Crippen LogP contribution is 2.56. The normalized spacial score (nSPS) is 20.9. The van der Waals surface area contributed by atoms with Gasteiger partial charge >= 0.3 is 5.97 Å². The zero-order valence-corrected chi connectivity index (χ0v) is 14.5. The van der Waals surface area contributed by atoms with Gasteiger partial charge in [0, 0.05) is 0 Å². The van der Waals surface area contributed by atoms with E-state index in [-0.39, 0.29) is 6.61 Å². The lowest BCUT2D eigenvalue weighted by atomic mass is 9.93. The number of benzene rings is 2. The molecule has 0 unspecified atom stereocenters. The van der Waals surface area contributed by atoms with E-state index in [1.54, 1.807) is 12.4 Å². The number of para-hydroxylation sites is 1. The first-order valence-electron chi connectivity index (χ1n) is 8.52. The highest BCUT2D eigenvalue weighted by molar-refractivity contribution is 5.93. The van der Waals surface area contributed by atoms with E-state index in [0.29, 0.717) is 18.6 Å². The molecular formula is C20H21NO5. The van der Waals surface area contributed by atoms with Crippen LogP contribution in [0.25, 0.3) is 0 Å². The van der Waals surface area contributed by atoms with Crippen molar-refractivity contribution in [2.75, 3.05) is 6.61 Å². The molecule has 0 aliphatic heterocycles. The number of amides is 1.